The monoisotopic (exact) mass is 372 g/mol. The molecule has 0 saturated carbocycles. The summed E-state index contributed by atoms with van der Waals surface area (Å²) < 4.78 is 0. The van der Waals surface area contributed by atoms with Crippen LogP contribution in [0.4, 0.5) is 0 Å². The number of hydrogen-bond acceptors (Lipinski definition) is 3. The van der Waals surface area contributed by atoms with Gasteiger partial charge in [0.05, 0.1) is 5.03 Å². The van der Waals surface area contributed by atoms with Crippen LogP contribution in [0.15, 0.2) is 46.6 Å². The first-order chi connectivity index (χ1) is 10.0. The van der Waals surface area contributed by atoms with Crippen LogP contribution in [0.1, 0.15) is 26.9 Å². The van der Waals surface area contributed by atoms with Gasteiger partial charge in [-0.1, -0.05) is 35.3 Å². The molecule has 1 unspecified atom stereocenters. The molecule has 1 aliphatic rings. The van der Waals surface area contributed by atoms with Gasteiger partial charge in [-0.25, -0.2) is 0 Å². The summed E-state index contributed by atoms with van der Waals surface area (Å²) in [5, 5.41) is 4.53. The maximum Gasteiger partial charge on any atom is 0.133 e. The summed E-state index contributed by atoms with van der Waals surface area (Å²) in [4.78, 5) is 7.29. The van der Waals surface area contributed by atoms with E-state index in [9.17, 15) is 0 Å². The van der Waals surface area contributed by atoms with Gasteiger partial charge in [-0.3, -0.25) is 4.99 Å². The fourth-order valence-corrected chi connectivity index (χ4v) is 3.75. The highest BCUT2D eigenvalue weighted by atomic mass is 35.5. The normalized spacial score (nSPS) is 17.2. The summed E-state index contributed by atoms with van der Waals surface area (Å²) in [6.07, 6.45) is 1.81. The molecule has 1 N–H and O–H groups in total. The third kappa shape index (κ3) is 3.49. The van der Waals surface area contributed by atoms with Crippen molar-refractivity contribution < 1.29 is 0 Å². The highest BCUT2D eigenvalue weighted by Crippen LogP contribution is 2.36. The number of benzene rings is 1. The first kappa shape index (κ1) is 17.4. The van der Waals surface area contributed by atoms with Crippen LogP contribution >= 0.6 is 46.9 Å². The number of rotatable bonds is 2. The largest absolute Gasteiger partial charge is 0.345 e. The molecule has 1 aromatic carbocycles. The molecule has 0 bridgehead atoms. The molecule has 2 aromatic rings. The van der Waals surface area contributed by atoms with E-state index < -0.39 is 0 Å². The fourth-order valence-electron chi connectivity index (χ4n) is 2.38. The van der Waals surface area contributed by atoms with E-state index in [2.05, 4.69) is 25.2 Å². The van der Waals surface area contributed by atoms with Crippen molar-refractivity contribution in [3.05, 3.63) is 67.5 Å². The molecule has 0 saturated heterocycles. The van der Waals surface area contributed by atoms with E-state index in [0.29, 0.717) is 10.1 Å². The minimum atomic E-state index is -0.146. The van der Waals surface area contributed by atoms with Crippen LogP contribution in [-0.4, -0.2) is 5.84 Å². The Kier molecular flexibility index (Phi) is 5.56. The summed E-state index contributed by atoms with van der Waals surface area (Å²) in [6.45, 7) is 4.20. The Hall–Kier alpha value is -1.000. The third-order valence-electron chi connectivity index (χ3n) is 3.34. The molecule has 3 rings (SSSR count). The van der Waals surface area contributed by atoms with Crippen LogP contribution in [0.5, 0.6) is 0 Å². The highest BCUT2D eigenvalue weighted by molar-refractivity contribution is 7.12. The Labute approximate surface area is 150 Å². The smallest absolute Gasteiger partial charge is 0.133 e. The van der Waals surface area contributed by atoms with Crippen molar-refractivity contribution in [2.75, 3.05) is 0 Å². The second-order valence-electron chi connectivity index (χ2n) is 4.93. The van der Waals surface area contributed by atoms with Gasteiger partial charge in [-0.05, 0) is 37.6 Å². The van der Waals surface area contributed by atoms with E-state index in [4.69, 9.17) is 28.2 Å². The summed E-state index contributed by atoms with van der Waals surface area (Å²) in [5.41, 5.74) is 2.12. The predicted octanol–water partition coefficient (Wildman–Crippen LogP) is 5.61. The number of aryl methyl sites for hydroxylation is 2. The molecule has 116 valence electrons. The average Bonchev–Trinajstić information content (AvgIpc) is 2.78. The van der Waals surface area contributed by atoms with Gasteiger partial charge in [-0.15, -0.1) is 23.7 Å². The van der Waals surface area contributed by atoms with Crippen LogP contribution in [0.3, 0.4) is 0 Å². The highest BCUT2D eigenvalue weighted by Gasteiger charge is 2.22. The Morgan fingerprint density at radius 3 is 2.59 bits per heavy atom. The van der Waals surface area contributed by atoms with Crippen LogP contribution < -0.4 is 5.32 Å². The molecule has 0 spiro atoms. The van der Waals surface area contributed by atoms with Gasteiger partial charge in [0.25, 0.3) is 0 Å². The molecule has 2 nitrogen and oxygen atoms in total. The van der Waals surface area contributed by atoms with Gasteiger partial charge in [0, 0.05) is 26.5 Å². The summed E-state index contributed by atoms with van der Waals surface area (Å²) >= 11 is 14.2. The predicted molar refractivity (Wildman–Crippen MR) is 98.8 cm³/mol. The zero-order valence-electron chi connectivity index (χ0n) is 12.1. The lowest BCUT2D eigenvalue weighted by atomic mass is 10.1. The van der Waals surface area contributed by atoms with Crippen molar-refractivity contribution in [1.82, 2.24) is 5.32 Å². The standard InChI is InChI=1S/C16H14Cl2N2S.ClH/c1-9-6-13(10(2)21-9)15-14(18)8-19-16(20-15)11-4-3-5-12(17)7-11;/h3-8,15H,1-2H3,(H,19,20);1H. The van der Waals surface area contributed by atoms with Gasteiger partial charge in [0.1, 0.15) is 11.9 Å². The number of thiophene rings is 1. The molecule has 22 heavy (non-hydrogen) atoms. The van der Waals surface area contributed by atoms with Crippen molar-refractivity contribution in [3.63, 3.8) is 0 Å². The van der Waals surface area contributed by atoms with Gasteiger partial charge in [0.15, 0.2) is 0 Å². The lowest BCUT2D eigenvalue weighted by Gasteiger charge is -2.20. The average molecular weight is 374 g/mol. The zero-order chi connectivity index (χ0) is 15.0. The van der Waals surface area contributed by atoms with Gasteiger partial charge in [-0.2, -0.15) is 0 Å². The zero-order valence-corrected chi connectivity index (χ0v) is 15.2. The summed E-state index contributed by atoms with van der Waals surface area (Å²) in [7, 11) is 0. The maximum atomic E-state index is 6.35. The van der Waals surface area contributed by atoms with E-state index in [-0.39, 0.29) is 18.4 Å². The Balaban J connectivity index is 0.00000176. The second kappa shape index (κ2) is 7.05. The fraction of sp³-hybridized carbons (Fsp3) is 0.188. The van der Waals surface area contributed by atoms with Crippen LogP contribution in [-0.2, 0) is 0 Å². The molecule has 0 amide bonds. The van der Waals surface area contributed by atoms with Crippen LogP contribution in [0.25, 0.3) is 0 Å². The first-order valence-corrected chi connectivity index (χ1v) is 8.14. The molecule has 2 heterocycles. The summed E-state index contributed by atoms with van der Waals surface area (Å²) in [5.74, 6) is 0.787. The van der Waals surface area contributed by atoms with Gasteiger partial charge < -0.3 is 5.32 Å². The van der Waals surface area contributed by atoms with Crippen molar-refractivity contribution >= 4 is 52.8 Å². The Morgan fingerprint density at radius 2 is 1.95 bits per heavy atom. The van der Waals surface area contributed by atoms with Crippen molar-refractivity contribution in [2.24, 2.45) is 4.99 Å². The topological polar surface area (TPSA) is 24.4 Å². The first-order valence-electron chi connectivity index (χ1n) is 6.57. The summed E-state index contributed by atoms with van der Waals surface area (Å²) in [6, 6.07) is 9.65. The molecular formula is C16H15Cl3N2S. The van der Waals surface area contributed by atoms with Crippen LogP contribution in [0.2, 0.25) is 5.02 Å². The molecule has 6 heteroatoms. The molecule has 1 atom stereocenters. The SMILES string of the molecule is Cc1cc(C2N=C(c3cccc(Cl)c3)NC=C2Cl)c(C)s1.Cl. The number of nitrogens with one attached hydrogen (secondary N) is 1. The van der Waals surface area contributed by atoms with E-state index in [1.165, 1.54) is 15.3 Å². The van der Waals surface area contributed by atoms with E-state index in [1.807, 2.05) is 30.5 Å². The number of aliphatic imine (C=N–C) groups is 1. The van der Waals surface area contributed by atoms with Crippen molar-refractivity contribution in [1.29, 1.82) is 0 Å². The van der Waals surface area contributed by atoms with E-state index in [0.717, 1.165) is 11.4 Å². The number of halogens is 3. The lowest BCUT2D eigenvalue weighted by molar-refractivity contribution is 0.852. The second-order valence-corrected chi connectivity index (χ2v) is 7.27. The molecule has 0 radical (unpaired) electrons. The quantitative estimate of drug-likeness (QED) is 0.726. The maximum absolute atomic E-state index is 6.35. The number of nitrogens with zero attached hydrogens (tertiary/aromatic N) is 1. The molecular weight excluding hydrogens is 359 g/mol. The number of hydrogen-bond donors (Lipinski definition) is 1. The van der Waals surface area contributed by atoms with E-state index >= 15 is 0 Å². The molecule has 1 aliphatic heterocycles. The van der Waals surface area contributed by atoms with Crippen LogP contribution in [0, 0.1) is 13.8 Å². The minimum Gasteiger partial charge on any atom is -0.345 e. The van der Waals surface area contributed by atoms with Crippen molar-refractivity contribution in [2.45, 2.75) is 19.9 Å². The van der Waals surface area contributed by atoms with E-state index in [1.54, 1.807) is 11.3 Å². The van der Waals surface area contributed by atoms with Crippen molar-refractivity contribution in [3.8, 4) is 0 Å². The van der Waals surface area contributed by atoms with Gasteiger partial charge >= 0.3 is 0 Å². The van der Waals surface area contributed by atoms with Gasteiger partial charge in [0.2, 0.25) is 0 Å². The third-order valence-corrected chi connectivity index (χ3v) is 4.87. The molecule has 1 aromatic heterocycles. The number of amidine groups is 1. The lowest BCUT2D eigenvalue weighted by Crippen LogP contribution is -2.24. The Morgan fingerprint density at radius 1 is 1.18 bits per heavy atom. The minimum absolute atomic E-state index is 0. The Bertz CT molecular complexity index is 750. The molecule has 0 aliphatic carbocycles. The molecule has 0 fully saturated rings.